The van der Waals surface area contributed by atoms with E-state index in [2.05, 4.69) is 0 Å². The molecule has 0 aliphatic rings. The second-order valence-electron chi connectivity index (χ2n) is 4.27. The van der Waals surface area contributed by atoms with Gasteiger partial charge in [0.1, 0.15) is 17.3 Å². The predicted octanol–water partition coefficient (Wildman–Crippen LogP) is 3.73. The lowest BCUT2D eigenvalue weighted by Gasteiger charge is -2.11. The van der Waals surface area contributed by atoms with Crippen molar-refractivity contribution in [2.45, 2.75) is 20.5 Å². The van der Waals surface area contributed by atoms with Crippen molar-refractivity contribution in [2.24, 2.45) is 0 Å². The van der Waals surface area contributed by atoms with E-state index in [9.17, 15) is 4.39 Å². The van der Waals surface area contributed by atoms with E-state index in [1.165, 1.54) is 12.1 Å². The third-order valence-corrected chi connectivity index (χ3v) is 2.78. The molecule has 0 unspecified atom stereocenters. The predicted molar refractivity (Wildman–Crippen MR) is 68.3 cm³/mol. The fourth-order valence-electron chi connectivity index (χ4n) is 1.77. The van der Waals surface area contributed by atoms with E-state index in [0.29, 0.717) is 11.5 Å². The Kier molecular flexibility index (Phi) is 3.63. The first-order valence-electron chi connectivity index (χ1n) is 5.74. The Morgan fingerprint density at radius 1 is 1.00 bits per heavy atom. The molecule has 0 atom stereocenters. The summed E-state index contributed by atoms with van der Waals surface area (Å²) in [6.45, 7) is 3.72. The third-order valence-electron chi connectivity index (χ3n) is 2.78. The van der Waals surface area contributed by atoms with Crippen molar-refractivity contribution < 1.29 is 14.2 Å². The molecule has 0 radical (unpaired) electrons. The average Bonchev–Trinajstić information content (AvgIpc) is 2.34. The average molecular weight is 246 g/mol. The van der Waals surface area contributed by atoms with Gasteiger partial charge in [-0.2, -0.15) is 0 Å². The van der Waals surface area contributed by atoms with E-state index < -0.39 is 0 Å². The minimum absolute atomic E-state index is 0.0106. The summed E-state index contributed by atoms with van der Waals surface area (Å²) in [7, 11) is 0. The van der Waals surface area contributed by atoms with Gasteiger partial charge in [-0.25, -0.2) is 4.39 Å². The number of aryl methyl sites for hydroxylation is 2. The normalized spacial score (nSPS) is 10.4. The standard InChI is InChI=1S/C15H15FO2/c1-10-7-12(9-17)3-5-14(10)18-15-6-4-13(16)8-11(15)2/h3-8,17H,9H2,1-2H3. The van der Waals surface area contributed by atoms with Crippen LogP contribution in [0, 0.1) is 19.7 Å². The van der Waals surface area contributed by atoms with Crippen LogP contribution < -0.4 is 4.74 Å². The second kappa shape index (κ2) is 5.19. The van der Waals surface area contributed by atoms with Crippen molar-refractivity contribution >= 4 is 0 Å². The molecule has 0 amide bonds. The number of aliphatic hydroxyl groups is 1. The molecule has 0 saturated carbocycles. The van der Waals surface area contributed by atoms with Crippen molar-refractivity contribution in [3.8, 4) is 11.5 Å². The van der Waals surface area contributed by atoms with Crippen molar-refractivity contribution in [1.82, 2.24) is 0 Å². The Bertz CT molecular complexity index is 564. The van der Waals surface area contributed by atoms with Crippen molar-refractivity contribution in [1.29, 1.82) is 0 Å². The smallest absolute Gasteiger partial charge is 0.130 e. The molecular formula is C15H15FO2. The molecule has 2 aromatic carbocycles. The monoisotopic (exact) mass is 246 g/mol. The van der Waals surface area contributed by atoms with Crippen LogP contribution in [0.25, 0.3) is 0 Å². The molecule has 0 aliphatic carbocycles. The summed E-state index contributed by atoms with van der Waals surface area (Å²) in [5, 5.41) is 9.03. The number of hydrogen-bond acceptors (Lipinski definition) is 2. The first-order valence-corrected chi connectivity index (χ1v) is 5.74. The van der Waals surface area contributed by atoms with Gasteiger partial charge in [-0.05, 0) is 54.8 Å². The van der Waals surface area contributed by atoms with Crippen LogP contribution in [0.4, 0.5) is 4.39 Å². The minimum atomic E-state index is -0.271. The van der Waals surface area contributed by atoms with E-state index in [0.717, 1.165) is 16.7 Å². The summed E-state index contributed by atoms with van der Waals surface area (Å²) < 4.78 is 18.7. The highest BCUT2D eigenvalue weighted by molar-refractivity contribution is 5.42. The lowest BCUT2D eigenvalue weighted by Crippen LogP contribution is -1.92. The highest BCUT2D eigenvalue weighted by Gasteiger charge is 2.05. The Hall–Kier alpha value is -1.87. The van der Waals surface area contributed by atoms with Crippen LogP contribution in [0.5, 0.6) is 11.5 Å². The van der Waals surface area contributed by atoms with E-state index in [1.54, 1.807) is 19.1 Å². The van der Waals surface area contributed by atoms with E-state index in [-0.39, 0.29) is 12.4 Å². The fourth-order valence-corrected chi connectivity index (χ4v) is 1.77. The van der Waals surface area contributed by atoms with Gasteiger partial charge in [-0.3, -0.25) is 0 Å². The highest BCUT2D eigenvalue weighted by atomic mass is 19.1. The summed E-state index contributed by atoms with van der Waals surface area (Å²) in [4.78, 5) is 0. The molecule has 0 saturated heterocycles. The number of aliphatic hydroxyl groups excluding tert-OH is 1. The van der Waals surface area contributed by atoms with Gasteiger partial charge in [-0.15, -0.1) is 0 Å². The third kappa shape index (κ3) is 2.68. The number of halogens is 1. The molecule has 1 N–H and O–H groups in total. The number of benzene rings is 2. The molecule has 0 heterocycles. The Labute approximate surface area is 106 Å². The molecule has 0 spiro atoms. The van der Waals surface area contributed by atoms with Gasteiger partial charge in [0.2, 0.25) is 0 Å². The summed E-state index contributed by atoms with van der Waals surface area (Å²) in [6.07, 6.45) is 0. The molecule has 2 aromatic rings. The van der Waals surface area contributed by atoms with Crippen LogP contribution in [0.15, 0.2) is 36.4 Å². The van der Waals surface area contributed by atoms with Crippen LogP contribution >= 0.6 is 0 Å². The van der Waals surface area contributed by atoms with Crippen LogP contribution in [0.2, 0.25) is 0 Å². The first-order chi connectivity index (χ1) is 8.60. The van der Waals surface area contributed by atoms with Crippen molar-refractivity contribution in [3.05, 3.63) is 58.9 Å². The van der Waals surface area contributed by atoms with Crippen molar-refractivity contribution in [2.75, 3.05) is 0 Å². The molecule has 3 heteroatoms. The Balaban J connectivity index is 2.28. The van der Waals surface area contributed by atoms with Gasteiger partial charge in [-0.1, -0.05) is 12.1 Å². The SMILES string of the molecule is Cc1cc(F)ccc1Oc1ccc(CO)cc1C. The van der Waals surface area contributed by atoms with Gasteiger partial charge in [0.25, 0.3) is 0 Å². The topological polar surface area (TPSA) is 29.5 Å². The van der Waals surface area contributed by atoms with Gasteiger partial charge < -0.3 is 9.84 Å². The van der Waals surface area contributed by atoms with Crippen LogP contribution in [-0.4, -0.2) is 5.11 Å². The molecular weight excluding hydrogens is 231 g/mol. The molecule has 2 rings (SSSR count). The largest absolute Gasteiger partial charge is 0.457 e. The van der Waals surface area contributed by atoms with Gasteiger partial charge in [0, 0.05) is 0 Å². The minimum Gasteiger partial charge on any atom is -0.457 e. The summed E-state index contributed by atoms with van der Waals surface area (Å²) in [5.74, 6) is 1.07. The summed E-state index contributed by atoms with van der Waals surface area (Å²) >= 11 is 0. The molecule has 0 fully saturated rings. The molecule has 0 aliphatic heterocycles. The molecule has 2 nitrogen and oxygen atoms in total. The first kappa shape index (κ1) is 12.6. The maximum absolute atomic E-state index is 13.0. The number of hydrogen-bond donors (Lipinski definition) is 1. The Morgan fingerprint density at radius 2 is 1.61 bits per heavy atom. The molecule has 94 valence electrons. The zero-order valence-electron chi connectivity index (χ0n) is 10.4. The van der Waals surface area contributed by atoms with Gasteiger partial charge in [0.15, 0.2) is 0 Å². The number of rotatable bonds is 3. The van der Waals surface area contributed by atoms with Crippen LogP contribution in [-0.2, 0) is 6.61 Å². The van der Waals surface area contributed by atoms with E-state index in [4.69, 9.17) is 9.84 Å². The lowest BCUT2D eigenvalue weighted by atomic mass is 10.1. The molecule has 0 bridgehead atoms. The van der Waals surface area contributed by atoms with Crippen LogP contribution in [0.3, 0.4) is 0 Å². The lowest BCUT2D eigenvalue weighted by molar-refractivity contribution is 0.281. The summed E-state index contributed by atoms with van der Waals surface area (Å²) in [6, 6.07) is 9.91. The summed E-state index contributed by atoms with van der Waals surface area (Å²) in [5.41, 5.74) is 2.53. The highest BCUT2D eigenvalue weighted by Crippen LogP contribution is 2.28. The fraction of sp³-hybridized carbons (Fsp3) is 0.200. The second-order valence-corrected chi connectivity index (χ2v) is 4.27. The zero-order chi connectivity index (χ0) is 13.1. The zero-order valence-corrected chi connectivity index (χ0v) is 10.4. The van der Waals surface area contributed by atoms with E-state index in [1.807, 2.05) is 19.1 Å². The maximum Gasteiger partial charge on any atom is 0.130 e. The number of ether oxygens (including phenoxy) is 1. The Morgan fingerprint density at radius 3 is 2.17 bits per heavy atom. The molecule has 0 aromatic heterocycles. The van der Waals surface area contributed by atoms with Crippen LogP contribution in [0.1, 0.15) is 16.7 Å². The van der Waals surface area contributed by atoms with Gasteiger partial charge in [0.05, 0.1) is 6.61 Å². The van der Waals surface area contributed by atoms with Crippen molar-refractivity contribution in [3.63, 3.8) is 0 Å². The van der Waals surface area contributed by atoms with Gasteiger partial charge >= 0.3 is 0 Å². The maximum atomic E-state index is 13.0. The quantitative estimate of drug-likeness (QED) is 0.894. The molecule has 18 heavy (non-hydrogen) atoms. The van der Waals surface area contributed by atoms with E-state index >= 15 is 0 Å².